The number of hydrogen-bond acceptors (Lipinski definition) is 1. The molecule has 1 aromatic carbocycles. The van der Waals surface area contributed by atoms with Gasteiger partial charge in [0.15, 0.2) is 0 Å². The topological polar surface area (TPSA) is 20.2 Å². The van der Waals surface area contributed by atoms with Crippen LogP contribution in [0.15, 0.2) is 48.2 Å². The Bertz CT molecular complexity index is 387. The monoisotopic (exact) mass is 272 g/mol. The SMILES string of the molecule is CCCCCCCCC=C=CC(O)Cc1ccccc1. The van der Waals surface area contributed by atoms with Gasteiger partial charge >= 0.3 is 0 Å². The van der Waals surface area contributed by atoms with Crippen LogP contribution in [-0.4, -0.2) is 11.2 Å². The molecular weight excluding hydrogens is 244 g/mol. The number of benzene rings is 1. The first kappa shape index (κ1) is 16.8. The summed E-state index contributed by atoms with van der Waals surface area (Å²) < 4.78 is 0. The van der Waals surface area contributed by atoms with Crippen molar-refractivity contribution in [3.8, 4) is 0 Å². The third-order valence-corrected chi connectivity index (χ3v) is 3.40. The van der Waals surface area contributed by atoms with Crippen LogP contribution in [-0.2, 0) is 6.42 Å². The second-order valence-electron chi connectivity index (χ2n) is 5.35. The number of aliphatic hydroxyl groups is 1. The van der Waals surface area contributed by atoms with Crippen molar-refractivity contribution in [3.63, 3.8) is 0 Å². The predicted octanol–water partition coefficient (Wildman–Crippen LogP) is 5.05. The second kappa shape index (κ2) is 11.5. The maximum absolute atomic E-state index is 9.86. The van der Waals surface area contributed by atoms with E-state index in [1.54, 1.807) is 6.08 Å². The zero-order valence-electron chi connectivity index (χ0n) is 12.7. The summed E-state index contributed by atoms with van der Waals surface area (Å²) in [5.41, 5.74) is 4.27. The fourth-order valence-corrected chi connectivity index (χ4v) is 2.20. The fraction of sp³-hybridized carbons (Fsp3) is 0.526. The van der Waals surface area contributed by atoms with E-state index in [9.17, 15) is 5.11 Å². The molecule has 0 heterocycles. The maximum Gasteiger partial charge on any atom is 0.0834 e. The van der Waals surface area contributed by atoms with Crippen molar-refractivity contribution in [2.45, 2.75) is 64.4 Å². The third kappa shape index (κ3) is 8.74. The molecule has 1 atom stereocenters. The van der Waals surface area contributed by atoms with Crippen LogP contribution in [0.4, 0.5) is 0 Å². The zero-order valence-corrected chi connectivity index (χ0v) is 12.7. The molecule has 0 spiro atoms. The molecular formula is C19H28O. The van der Waals surface area contributed by atoms with Gasteiger partial charge in [0.1, 0.15) is 0 Å². The Kier molecular flexibility index (Phi) is 9.65. The number of rotatable bonds is 10. The summed E-state index contributed by atoms with van der Waals surface area (Å²) in [6.07, 6.45) is 13.1. The molecule has 0 aliphatic heterocycles. The number of hydrogen-bond donors (Lipinski definition) is 1. The van der Waals surface area contributed by atoms with E-state index >= 15 is 0 Å². The van der Waals surface area contributed by atoms with E-state index in [4.69, 9.17) is 0 Å². The third-order valence-electron chi connectivity index (χ3n) is 3.40. The first-order chi connectivity index (χ1) is 9.83. The van der Waals surface area contributed by atoms with E-state index in [2.05, 4.69) is 12.7 Å². The standard InChI is InChI=1S/C19H28O/c1-2-3-4-5-6-7-8-9-13-16-19(20)17-18-14-11-10-12-15-18/h9-12,14-16,19-20H,2-8,17H2,1H3. The van der Waals surface area contributed by atoms with Gasteiger partial charge in [-0.15, -0.1) is 5.73 Å². The van der Waals surface area contributed by atoms with E-state index in [1.807, 2.05) is 36.4 Å². The molecule has 1 nitrogen and oxygen atoms in total. The molecule has 0 aliphatic carbocycles. The average Bonchev–Trinajstić information content (AvgIpc) is 2.46. The molecule has 1 aromatic rings. The molecule has 20 heavy (non-hydrogen) atoms. The molecule has 0 saturated heterocycles. The molecule has 1 N–H and O–H groups in total. The Balaban J connectivity index is 2.11. The zero-order chi connectivity index (χ0) is 14.5. The van der Waals surface area contributed by atoms with E-state index < -0.39 is 6.10 Å². The van der Waals surface area contributed by atoms with Gasteiger partial charge in [0.25, 0.3) is 0 Å². The Morgan fingerprint density at radius 2 is 1.75 bits per heavy atom. The lowest BCUT2D eigenvalue weighted by molar-refractivity contribution is 0.224. The van der Waals surface area contributed by atoms with Crippen LogP contribution < -0.4 is 0 Å². The molecule has 1 heteroatoms. The largest absolute Gasteiger partial charge is 0.388 e. The van der Waals surface area contributed by atoms with Crippen LogP contribution in [0, 0.1) is 0 Å². The van der Waals surface area contributed by atoms with Crippen molar-refractivity contribution in [2.75, 3.05) is 0 Å². The van der Waals surface area contributed by atoms with E-state index in [0.717, 1.165) is 12.0 Å². The van der Waals surface area contributed by atoms with Gasteiger partial charge in [-0.3, -0.25) is 0 Å². The van der Waals surface area contributed by atoms with E-state index in [1.165, 1.54) is 38.5 Å². The average molecular weight is 272 g/mol. The molecule has 1 unspecified atom stereocenters. The summed E-state index contributed by atoms with van der Waals surface area (Å²) in [4.78, 5) is 0. The number of aliphatic hydroxyl groups excluding tert-OH is 1. The quantitative estimate of drug-likeness (QED) is 0.466. The van der Waals surface area contributed by atoms with Gasteiger partial charge in [-0.2, -0.15) is 0 Å². The van der Waals surface area contributed by atoms with Crippen molar-refractivity contribution < 1.29 is 5.11 Å². The maximum atomic E-state index is 9.86. The minimum Gasteiger partial charge on any atom is -0.388 e. The Hall–Kier alpha value is -1.30. The van der Waals surface area contributed by atoms with Crippen LogP contribution in [0.1, 0.15) is 57.4 Å². The summed E-state index contributed by atoms with van der Waals surface area (Å²) in [6.45, 7) is 2.24. The minimum absolute atomic E-state index is 0.432. The lowest BCUT2D eigenvalue weighted by atomic mass is 10.1. The smallest absolute Gasteiger partial charge is 0.0834 e. The fourth-order valence-electron chi connectivity index (χ4n) is 2.20. The highest BCUT2D eigenvalue weighted by molar-refractivity contribution is 5.16. The van der Waals surface area contributed by atoms with Gasteiger partial charge in [-0.1, -0.05) is 69.4 Å². The molecule has 0 saturated carbocycles. The van der Waals surface area contributed by atoms with Gasteiger partial charge in [0, 0.05) is 6.42 Å². The first-order valence-electron chi connectivity index (χ1n) is 7.96. The van der Waals surface area contributed by atoms with Gasteiger partial charge in [-0.05, 0) is 30.6 Å². The van der Waals surface area contributed by atoms with Gasteiger partial charge in [-0.25, -0.2) is 0 Å². The molecule has 0 amide bonds. The highest BCUT2D eigenvalue weighted by Gasteiger charge is 1.99. The lowest BCUT2D eigenvalue weighted by Crippen LogP contribution is -2.05. The first-order valence-corrected chi connectivity index (χ1v) is 7.96. The molecule has 0 fully saturated rings. The highest BCUT2D eigenvalue weighted by atomic mass is 16.3. The lowest BCUT2D eigenvalue weighted by Gasteiger charge is -2.03. The summed E-state index contributed by atoms with van der Waals surface area (Å²) in [5.74, 6) is 0. The van der Waals surface area contributed by atoms with Gasteiger partial charge < -0.3 is 5.11 Å². The Morgan fingerprint density at radius 1 is 1.05 bits per heavy atom. The van der Waals surface area contributed by atoms with Crippen molar-refractivity contribution in [2.24, 2.45) is 0 Å². The summed E-state index contributed by atoms with van der Waals surface area (Å²) >= 11 is 0. The highest BCUT2D eigenvalue weighted by Crippen LogP contribution is 2.07. The molecule has 0 radical (unpaired) electrons. The van der Waals surface area contributed by atoms with Crippen molar-refractivity contribution in [3.05, 3.63) is 53.8 Å². The Labute approximate surface area is 124 Å². The van der Waals surface area contributed by atoms with Crippen LogP contribution in [0.25, 0.3) is 0 Å². The van der Waals surface area contributed by atoms with Crippen molar-refractivity contribution in [1.82, 2.24) is 0 Å². The van der Waals surface area contributed by atoms with Crippen LogP contribution in [0.3, 0.4) is 0 Å². The molecule has 1 rings (SSSR count). The molecule has 0 aromatic heterocycles. The predicted molar refractivity (Wildman–Crippen MR) is 86.8 cm³/mol. The number of unbranched alkanes of at least 4 members (excludes halogenated alkanes) is 6. The van der Waals surface area contributed by atoms with Crippen LogP contribution in [0.5, 0.6) is 0 Å². The normalized spacial score (nSPS) is 11.7. The van der Waals surface area contributed by atoms with E-state index in [0.29, 0.717) is 6.42 Å². The van der Waals surface area contributed by atoms with Crippen LogP contribution >= 0.6 is 0 Å². The van der Waals surface area contributed by atoms with E-state index in [-0.39, 0.29) is 0 Å². The van der Waals surface area contributed by atoms with Crippen molar-refractivity contribution in [1.29, 1.82) is 0 Å². The molecule has 110 valence electrons. The summed E-state index contributed by atoms with van der Waals surface area (Å²) in [6, 6.07) is 10.1. The summed E-state index contributed by atoms with van der Waals surface area (Å²) in [5, 5.41) is 9.86. The molecule has 0 bridgehead atoms. The second-order valence-corrected chi connectivity index (χ2v) is 5.35. The Morgan fingerprint density at radius 3 is 2.50 bits per heavy atom. The summed E-state index contributed by atoms with van der Waals surface area (Å²) in [7, 11) is 0. The van der Waals surface area contributed by atoms with Gasteiger partial charge in [0.2, 0.25) is 0 Å². The van der Waals surface area contributed by atoms with Crippen molar-refractivity contribution >= 4 is 0 Å². The molecule has 0 aliphatic rings. The minimum atomic E-state index is -0.432. The van der Waals surface area contributed by atoms with Gasteiger partial charge in [0.05, 0.1) is 6.10 Å². The van der Waals surface area contributed by atoms with Crippen LogP contribution in [0.2, 0.25) is 0 Å².